The zero-order valence-corrected chi connectivity index (χ0v) is 8.93. The van der Waals surface area contributed by atoms with Gasteiger partial charge in [0.15, 0.2) is 0 Å². The summed E-state index contributed by atoms with van der Waals surface area (Å²) < 4.78 is 13.5. The standard InChI is InChI=1S/C6H9Cl2FNP/c1-10-5(7)6(8)11(2,3,4)9/h2-4H3/b6-5-. The third-order valence-electron chi connectivity index (χ3n) is 0.932. The van der Waals surface area contributed by atoms with Crippen molar-refractivity contribution in [1.82, 2.24) is 0 Å². The fourth-order valence-corrected chi connectivity index (χ4v) is 1.93. The minimum absolute atomic E-state index is 0.132. The molecule has 0 aliphatic rings. The number of hydrogen-bond acceptors (Lipinski definition) is 0. The Kier molecular flexibility index (Phi) is 2.95. The van der Waals surface area contributed by atoms with E-state index in [4.69, 9.17) is 29.8 Å². The second-order valence-electron chi connectivity index (χ2n) is 3.30. The van der Waals surface area contributed by atoms with Gasteiger partial charge in [-0.25, -0.2) is 0 Å². The van der Waals surface area contributed by atoms with Crippen molar-refractivity contribution in [2.45, 2.75) is 0 Å². The average Bonchev–Trinajstić information content (AvgIpc) is 1.81. The van der Waals surface area contributed by atoms with Crippen molar-refractivity contribution < 1.29 is 4.20 Å². The molecule has 0 rings (SSSR count). The van der Waals surface area contributed by atoms with Crippen molar-refractivity contribution in [2.75, 3.05) is 20.0 Å². The predicted molar refractivity (Wildman–Crippen MR) is 51.1 cm³/mol. The van der Waals surface area contributed by atoms with Gasteiger partial charge in [-0.1, -0.05) is 0 Å². The summed E-state index contributed by atoms with van der Waals surface area (Å²) >= 11 is 10.9. The van der Waals surface area contributed by atoms with Crippen molar-refractivity contribution in [3.05, 3.63) is 21.3 Å². The van der Waals surface area contributed by atoms with Crippen molar-refractivity contribution >= 4 is 30.1 Å². The Balaban J connectivity index is 5.11. The summed E-state index contributed by atoms with van der Waals surface area (Å²) in [4.78, 5) is 2.86. The summed E-state index contributed by atoms with van der Waals surface area (Å²) in [5.41, 5.74) is 0. The van der Waals surface area contributed by atoms with Crippen LogP contribution in [0.1, 0.15) is 0 Å². The Bertz CT molecular complexity index is 236. The molecule has 0 N–H and O–H groups in total. The summed E-state index contributed by atoms with van der Waals surface area (Å²) in [6.07, 6.45) is 0. The van der Waals surface area contributed by atoms with Gasteiger partial charge in [0.05, 0.1) is 0 Å². The Morgan fingerprint density at radius 2 is 1.73 bits per heavy atom. The Morgan fingerprint density at radius 3 is 1.82 bits per heavy atom. The van der Waals surface area contributed by atoms with Crippen LogP contribution in [0.4, 0.5) is 4.20 Å². The first kappa shape index (κ1) is 11.2. The van der Waals surface area contributed by atoms with Crippen LogP contribution >= 0.6 is 30.1 Å². The van der Waals surface area contributed by atoms with Gasteiger partial charge in [-0.3, -0.25) is 0 Å². The van der Waals surface area contributed by atoms with E-state index in [-0.39, 0.29) is 9.93 Å². The van der Waals surface area contributed by atoms with Gasteiger partial charge in [0.1, 0.15) is 0 Å². The van der Waals surface area contributed by atoms with Crippen LogP contribution in [0.3, 0.4) is 0 Å². The predicted octanol–water partition coefficient (Wildman–Crippen LogP) is 3.84. The van der Waals surface area contributed by atoms with Gasteiger partial charge in [-0.2, -0.15) is 0 Å². The monoisotopic (exact) mass is 215 g/mol. The molecule has 0 aliphatic carbocycles. The molecule has 1 nitrogen and oxygen atoms in total. The molecule has 0 fully saturated rings. The summed E-state index contributed by atoms with van der Waals surface area (Å²) in [6, 6.07) is 0. The van der Waals surface area contributed by atoms with E-state index in [9.17, 15) is 4.20 Å². The summed E-state index contributed by atoms with van der Waals surface area (Å²) in [7, 11) is 0. The average molecular weight is 216 g/mol. The zero-order chi connectivity index (χ0) is 9.31. The van der Waals surface area contributed by atoms with Crippen LogP contribution < -0.4 is 0 Å². The van der Waals surface area contributed by atoms with Gasteiger partial charge in [-0.15, -0.1) is 0 Å². The topological polar surface area (TPSA) is 4.36 Å². The number of halogens is 3. The third-order valence-corrected chi connectivity index (χ3v) is 4.86. The van der Waals surface area contributed by atoms with Crippen LogP contribution in [0.2, 0.25) is 0 Å². The van der Waals surface area contributed by atoms with Crippen molar-refractivity contribution in [3.8, 4) is 0 Å². The van der Waals surface area contributed by atoms with Crippen molar-refractivity contribution in [3.63, 3.8) is 0 Å². The van der Waals surface area contributed by atoms with Crippen molar-refractivity contribution in [2.24, 2.45) is 0 Å². The van der Waals surface area contributed by atoms with E-state index >= 15 is 0 Å². The minimum atomic E-state index is -3.50. The Hall–Kier alpha value is 0.170. The number of rotatable bonds is 1. The third kappa shape index (κ3) is 3.38. The van der Waals surface area contributed by atoms with E-state index in [2.05, 4.69) is 4.85 Å². The second kappa shape index (κ2) is 2.90. The van der Waals surface area contributed by atoms with Gasteiger partial charge >= 0.3 is 75.7 Å². The van der Waals surface area contributed by atoms with Gasteiger partial charge in [-0.05, 0) is 0 Å². The van der Waals surface area contributed by atoms with E-state index in [0.29, 0.717) is 0 Å². The number of nitrogens with zero attached hydrogens (tertiary/aromatic N) is 1. The molecule has 0 saturated heterocycles. The Labute approximate surface area is 76.0 Å². The molecule has 0 unspecified atom stereocenters. The molecule has 0 heterocycles. The van der Waals surface area contributed by atoms with Gasteiger partial charge in [0.25, 0.3) is 0 Å². The SMILES string of the molecule is [C-]#[N+]/C(Cl)=C(/Cl)P(C)(C)(C)F. The van der Waals surface area contributed by atoms with Gasteiger partial charge in [0.2, 0.25) is 0 Å². The molecule has 0 amide bonds. The molecular formula is C6H9Cl2FNP. The molecule has 0 bridgehead atoms. The van der Waals surface area contributed by atoms with Gasteiger partial charge in [0, 0.05) is 0 Å². The second-order valence-corrected chi connectivity index (χ2v) is 9.95. The molecule has 64 valence electrons. The maximum absolute atomic E-state index is 13.6. The fourth-order valence-electron chi connectivity index (χ4n) is 0.358. The van der Waals surface area contributed by atoms with E-state index in [0.717, 1.165) is 0 Å². The Morgan fingerprint density at radius 1 is 1.36 bits per heavy atom. The van der Waals surface area contributed by atoms with Crippen LogP contribution in [0.25, 0.3) is 4.85 Å². The van der Waals surface area contributed by atoms with E-state index in [1.54, 1.807) is 0 Å². The first-order chi connectivity index (χ1) is 4.65. The molecule has 0 saturated carbocycles. The first-order valence-electron chi connectivity index (χ1n) is 2.81. The molecular weight excluding hydrogens is 207 g/mol. The molecule has 0 aliphatic heterocycles. The summed E-state index contributed by atoms with van der Waals surface area (Å²) in [5.74, 6) is 0. The maximum atomic E-state index is 13.6. The molecule has 5 heteroatoms. The normalized spacial score (nSPS) is 17.7. The number of hydrogen-bond donors (Lipinski definition) is 0. The fraction of sp³-hybridized carbons (Fsp3) is 0.500. The first-order valence-corrected chi connectivity index (χ1v) is 7.03. The molecule has 0 spiro atoms. The van der Waals surface area contributed by atoms with Crippen LogP contribution in [-0.4, -0.2) is 20.0 Å². The summed E-state index contributed by atoms with van der Waals surface area (Å²) in [6.45, 7) is 7.18. The van der Waals surface area contributed by atoms with E-state index in [1.807, 2.05) is 0 Å². The summed E-state index contributed by atoms with van der Waals surface area (Å²) in [5, 5.41) is -0.265. The van der Waals surface area contributed by atoms with E-state index in [1.165, 1.54) is 20.0 Å². The molecule has 0 aromatic heterocycles. The molecule has 0 aromatic carbocycles. The quantitative estimate of drug-likeness (QED) is 0.356. The molecule has 0 aromatic rings. The van der Waals surface area contributed by atoms with Crippen LogP contribution in [0.5, 0.6) is 0 Å². The van der Waals surface area contributed by atoms with E-state index < -0.39 is 6.91 Å². The van der Waals surface area contributed by atoms with Crippen LogP contribution in [0.15, 0.2) is 9.93 Å². The van der Waals surface area contributed by atoms with Crippen LogP contribution in [0, 0.1) is 6.57 Å². The molecule has 0 atom stereocenters. The zero-order valence-electron chi connectivity index (χ0n) is 6.53. The molecule has 11 heavy (non-hydrogen) atoms. The van der Waals surface area contributed by atoms with Crippen molar-refractivity contribution in [1.29, 1.82) is 0 Å². The van der Waals surface area contributed by atoms with Crippen LogP contribution in [-0.2, 0) is 0 Å². The van der Waals surface area contributed by atoms with Gasteiger partial charge < -0.3 is 0 Å². The molecule has 0 radical (unpaired) electrons.